The van der Waals surface area contributed by atoms with Gasteiger partial charge < -0.3 is 10.0 Å². The molecule has 0 aromatic heterocycles. The van der Waals surface area contributed by atoms with Crippen molar-refractivity contribution < 1.29 is 10.0 Å². The fraction of sp³-hybridized carbons (Fsp3) is 0.200. The molecule has 1 N–H and O–H groups in total. The molecule has 5 nitrogen and oxygen atoms in total. The van der Waals surface area contributed by atoms with Crippen LogP contribution in [0, 0.1) is 10.1 Å². The minimum atomic E-state index is -0.458. The van der Waals surface area contributed by atoms with Crippen LogP contribution in [0.5, 0.6) is 0 Å². The molecule has 0 saturated carbocycles. The van der Waals surface area contributed by atoms with E-state index in [4.69, 9.17) is 0 Å². The zero-order chi connectivity index (χ0) is 14.5. The maximum atomic E-state index is 10.8. The molecule has 0 heterocycles. The van der Waals surface area contributed by atoms with Gasteiger partial charge in [-0.25, -0.2) is 0 Å². The summed E-state index contributed by atoms with van der Waals surface area (Å²) >= 11 is 0. The Hall–Kier alpha value is -2.40. The zero-order valence-electron chi connectivity index (χ0n) is 11.2. The van der Waals surface area contributed by atoms with Gasteiger partial charge in [-0.3, -0.25) is 10.1 Å². The zero-order valence-corrected chi connectivity index (χ0v) is 11.2. The lowest BCUT2D eigenvalue weighted by atomic mass is 10.1. The van der Waals surface area contributed by atoms with Gasteiger partial charge in [0.15, 0.2) is 0 Å². The van der Waals surface area contributed by atoms with Crippen molar-refractivity contribution in [2.45, 2.75) is 13.2 Å². The van der Waals surface area contributed by atoms with E-state index in [0.717, 1.165) is 11.3 Å². The van der Waals surface area contributed by atoms with E-state index in [1.807, 2.05) is 42.3 Å². The standard InChI is InChI=1S/C15H16N2O3/c1-16(10-12-5-3-2-4-6-12)15-8-7-14(17(19)20)9-13(15)11-18/h2-9,18H,10-11H2,1H3. The van der Waals surface area contributed by atoms with Crippen molar-refractivity contribution in [2.24, 2.45) is 0 Å². The van der Waals surface area contributed by atoms with Crippen LogP contribution in [0.3, 0.4) is 0 Å². The smallest absolute Gasteiger partial charge is 0.269 e. The maximum Gasteiger partial charge on any atom is 0.269 e. The molecule has 2 rings (SSSR count). The number of anilines is 1. The van der Waals surface area contributed by atoms with E-state index >= 15 is 0 Å². The van der Waals surface area contributed by atoms with Crippen molar-refractivity contribution in [3.8, 4) is 0 Å². The average molecular weight is 272 g/mol. The number of benzene rings is 2. The molecular formula is C15H16N2O3. The van der Waals surface area contributed by atoms with Crippen molar-refractivity contribution in [3.05, 3.63) is 69.8 Å². The molecule has 5 heteroatoms. The van der Waals surface area contributed by atoms with Gasteiger partial charge in [0, 0.05) is 37.0 Å². The van der Waals surface area contributed by atoms with E-state index in [9.17, 15) is 15.2 Å². The monoisotopic (exact) mass is 272 g/mol. The highest BCUT2D eigenvalue weighted by Crippen LogP contribution is 2.25. The number of hydrogen-bond acceptors (Lipinski definition) is 4. The number of nitrogens with zero attached hydrogens (tertiary/aromatic N) is 2. The summed E-state index contributed by atoms with van der Waals surface area (Å²) in [4.78, 5) is 12.3. The number of rotatable bonds is 5. The van der Waals surface area contributed by atoms with Crippen molar-refractivity contribution in [1.29, 1.82) is 0 Å². The SMILES string of the molecule is CN(Cc1ccccc1)c1ccc([N+](=O)[O-])cc1CO. The lowest BCUT2D eigenvalue weighted by Gasteiger charge is -2.22. The molecule has 0 amide bonds. The molecule has 104 valence electrons. The van der Waals surface area contributed by atoms with Crippen LogP contribution in [0.15, 0.2) is 48.5 Å². The number of hydrogen-bond donors (Lipinski definition) is 1. The first kappa shape index (κ1) is 14.0. The summed E-state index contributed by atoms with van der Waals surface area (Å²) < 4.78 is 0. The number of nitro groups is 1. The third kappa shape index (κ3) is 3.13. The molecule has 0 unspecified atom stereocenters. The maximum absolute atomic E-state index is 10.8. The molecule has 0 fully saturated rings. The van der Waals surface area contributed by atoms with Gasteiger partial charge in [-0.15, -0.1) is 0 Å². The van der Waals surface area contributed by atoms with Crippen LogP contribution in [0.4, 0.5) is 11.4 Å². The largest absolute Gasteiger partial charge is 0.392 e. The number of aliphatic hydroxyl groups is 1. The van der Waals surface area contributed by atoms with E-state index in [1.54, 1.807) is 6.07 Å². The highest BCUT2D eigenvalue weighted by Gasteiger charge is 2.13. The van der Waals surface area contributed by atoms with Gasteiger partial charge in [0.1, 0.15) is 0 Å². The number of aliphatic hydroxyl groups excluding tert-OH is 1. The molecule has 0 radical (unpaired) electrons. The molecule has 0 bridgehead atoms. The van der Waals surface area contributed by atoms with Crippen molar-refractivity contribution in [2.75, 3.05) is 11.9 Å². The Labute approximate surface area is 117 Å². The summed E-state index contributed by atoms with van der Waals surface area (Å²) in [5, 5.41) is 20.1. The first-order valence-electron chi connectivity index (χ1n) is 6.25. The van der Waals surface area contributed by atoms with Crippen molar-refractivity contribution in [1.82, 2.24) is 0 Å². The van der Waals surface area contributed by atoms with Crippen LogP contribution in [0.25, 0.3) is 0 Å². The molecule has 20 heavy (non-hydrogen) atoms. The predicted molar refractivity (Wildman–Crippen MR) is 77.6 cm³/mol. The van der Waals surface area contributed by atoms with Crippen LogP contribution in [0.2, 0.25) is 0 Å². The molecule has 0 saturated heterocycles. The van der Waals surface area contributed by atoms with Crippen molar-refractivity contribution in [3.63, 3.8) is 0 Å². The molecule has 2 aromatic carbocycles. The van der Waals surface area contributed by atoms with Gasteiger partial charge in [0.05, 0.1) is 11.5 Å². The third-order valence-electron chi connectivity index (χ3n) is 3.12. The second-order valence-corrected chi connectivity index (χ2v) is 4.57. The van der Waals surface area contributed by atoms with E-state index in [1.165, 1.54) is 12.1 Å². The van der Waals surface area contributed by atoms with E-state index in [-0.39, 0.29) is 12.3 Å². The summed E-state index contributed by atoms with van der Waals surface area (Å²) in [5.74, 6) is 0. The fourth-order valence-corrected chi connectivity index (χ4v) is 2.13. The van der Waals surface area contributed by atoms with Crippen LogP contribution in [-0.2, 0) is 13.2 Å². The molecule has 0 spiro atoms. The molecule has 0 aliphatic carbocycles. The van der Waals surface area contributed by atoms with Crippen LogP contribution < -0.4 is 4.90 Å². The third-order valence-corrected chi connectivity index (χ3v) is 3.12. The Balaban J connectivity index is 2.25. The summed E-state index contributed by atoms with van der Waals surface area (Å²) in [6.45, 7) is 0.446. The summed E-state index contributed by atoms with van der Waals surface area (Å²) in [5.41, 5.74) is 2.47. The topological polar surface area (TPSA) is 66.6 Å². The minimum Gasteiger partial charge on any atom is -0.392 e. The lowest BCUT2D eigenvalue weighted by molar-refractivity contribution is -0.384. The first-order chi connectivity index (χ1) is 9.61. The van der Waals surface area contributed by atoms with Gasteiger partial charge in [-0.05, 0) is 11.6 Å². The predicted octanol–water partition coefficient (Wildman–Crippen LogP) is 2.72. The Morgan fingerprint density at radius 3 is 2.50 bits per heavy atom. The van der Waals surface area contributed by atoms with E-state index < -0.39 is 4.92 Å². The molecule has 2 aromatic rings. The summed E-state index contributed by atoms with van der Waals surface area (Å²) in [6, 6.07) is 14.5. The normalized spacial score (nSPS) is 10.3. The molecule has 0 aliphatic heterocycles. The first-order valence-corrected chi connectivity index (χ1v) is 6.25. The Bertz CT molecular complexity index is 599. The molecular weight excluding hydrogens is 256 g/mol. The summed E-state index contributed by atoms with van der Waals surface area (Å²) in [6.07, 6.45) is 0. The number of non-ortho nitro benzene ring substituents is 1. The van der Waals surface area contributed by atoms with Gasteiger partial charge in [0.2, 0.25) is 0 Å². The second kappa shape index (κ2) is 6.16. The van der Waals surface area contributed by atoms with E-state index in [2.05, 4.69) is 0 Å². The van der Waals surface area contributed by atoms with Crippen molar-refractivity contribution >= 4 is 11.4 Å². The summed E-state index contributed by atoms with van der Waals surface area (Å²) in [7, 11) is 1.90. The average Bonchev–Trinajstić information content (AvgIpc) is 2.47. The van der Waals surface area contributed by atoms with E-state index in [0.29, 0.717) is 12.1 Å². The van der Waals surface area contributed by atoms with Crippen LogP contribution in [-0.4, -0.2) is 17.1 Å². The van der Waals surface area contributed by atoms with Gasteiger partial charge >= 0.3 is 0 Å². The fourth-order valence-electron chi connectivity index (χ4n) is 2.13. The van der Waals surface area contributed by atoms with Crippen LogP contribution >= 0.6 is 0 Å². The Kier molecular flexibility index (Phi) is 4.32. The molecule has 0 aliphatic rings. The lowest BCUT2D eigenvalue weighted by Crippen LogP contribution is -2.18. The van der Waals surface area contributed by atoms with Gasteiger partial charge in [0.25, 0.3) is 5.69 Å². The van der Waals surface area contributed by atoms with Gasteiger partial charge in [-0.1, -0.05) is 30.3 Å². The minimum absolute atomic E-state index is 0.00842. The highest BCUT2D eigenvalue weighted by atomic mass is 16.6. The number of nitro benzene ring substituents is 1. The molecule has 0 atom stereocenters. The Morgan fingerprint density at radius 1 is 1.20 bits per heavy atom. The Morgan fingerprint density at radius 2 is 1.90 bits per heavy atom. The quantitative estimate of drug-likeness (QED) is 0.671. The van der Waals surface area contributed by atoms with Crippen LogP contribution in [0.1, 0.15) is 11.1 Å². The van der Waals surface area contributed by atoms with Gasteiger partial charge in [-0.2, -0.15) is 0 Å². The second-order valence-electron chi connectivity index (χ2n) is 4.57. The highest BCUT2D eigenvalue weighted by molar-refractivity contribution is 5.57.